The van der Waals surface area contributed by atoms with Gasteiger partial charge in [-0.25, -0.2) is 4.79 Å². The fourth-order valence-electron chi connectivity index (χ4n) is 1.90. The van der Waals surface area contributed by atoms with Crippen molar-refractivity contribution in [2.45, 2.75) is 26.8 Å². The van der Waals surface area contributed by atoms with Crippen LogP contribution in [0.25, 0.3) is 0 Å². The average molecular weight is 357 g/mol. The molecular formula is C15H21BrN2O3. The molecule has 0 bridgehead atoms. The smallest absolute Gasteiger partial charge is 0.315 e. The first-order chi connectivity index (χ1) is 9.88. The molecule has 0 aliphatic carbocycles. The van der Waals surface area contributed by atoms with E-state index in [2.05, 4.69) is 26.6 Å². The van der Waals surface area contributed by atoms with Gasteiger partial charge in [-0.2, -0.15) is 0 Å². The van der Waals surface area contributed by atoms with Crippen LogP contribution < -0.4 is 10.6 Å². The number of carboxylic acid groups (broad SMARTS) is 1. The fraction of sp³-hybridized carbons (Fsp3) is 0.467. The molecule has 0 aliphatic rings. The van der Waals surface area contributed by atoms with E-state index in [1.165, 1.54) is 0 Å². The molecule has 1 aromatic carbocycles. The molecule has 1 rings (SSSR count). The summed E-state index contributed by atoms with van der Waals surface area (Å²) in [7, 11) is 0. The Hall–Kier alpha value is -1.56. The Morgan fingerprint density at radius 2 is 1.81 bits per heavy atom. The normalized spacial score (nSPS) is 12.0. The SMILES string of the molecule is CC(C)CC(CNC(=O)NCc1ccc(Br)cc1)C(=O)O. The van der Waals surface area contributed by atoms with Crippen LogP contribution in [0, 0.1) is 11.8 Å². The van der Waals surface area contributed by atoms with Crippen molar-refractivity contribution in [1.29, 1.82) is 0 Å². The molecule has 0 radical (unpaired) electrons. The lowest BCUT2D eigenvalue weighted by atomic mass is 9.97. The minimum atomic E-state index is -0.878. The number of carboxylic acids is 1. The fourth-order valence-corrected chi connectivity index (χ4v) is 2.17. The van der Waals surface area contributed by atoms with Gasteiger partial charge in [0.2, 0.25) is 0 Å². The van der Waals surface area contributed by atoms with Crippen molar-refractivity contribution in [2.75, 3.05) is 6.54 Å². The molecule has 5 nitrogen and oxygen atoms in total. The molecule has 1 atom stereocenters. The van der Waals surface area contributed by atoms with Gasteiger partial charge in [0.15, 0.2) is 0 Å². The number of carbonyl (C=O) groups excluding carboxylic acids is 1. The predicted molar refractivity (Wildman–Crippen MR) is 85.0 cm³/mol. The van der Waals surface area contributed by atoms with Crippen molar-refractivity contribution < 1.29 is 14.7 Å². The van der Waals surface area contributed by atoms with Gasteiger partial charge in [0.05, 0.1) is 5.92 Å². The molecule has 2 amide bonds. The van der Waals surface area contributed by atoms with Gasteiger partial charge in [0.25, 0.3) is 0 Å². The zero-order valence-corrected chi connectivity index (χ0v) is 13.8. The first kappa shape index (κ1) is 17.5. The molecule has 0 aliphatic heterocycles. The van der Waals surface area contributed by atoms with Crippen LogP contribution in [0.3, 0.4) is 0 Å². The Kier molecular flexibility index (Phi) is 7.22. The summed E-state index contributed by atoms with van der Waals surface area (Å²) in [5, 5.41) is 14.4. The van der Waals surface area contributed by atoms with Gasteiger partial charge < -0.3 is 15.7 Å². The van der Waals surface area contributed by atoms with E-state index in [1.807, 2.05) is 38.1 Å². The number of urea groups is 1. The third-order valence-electron chi connectivity index (χ3n) is 2.98. The molecule has 1 aromatic rings. The van der Waals surface area contributed by atoms with E-state index in [1.54, 1.807) is 0 Å². The van der Waals surface area contributed by atoms with Crippen LogP contribution in [-0.2, 0) is 11.3 Å². The van der Waals surface area contributed by atoms with Gasteiger partial charge in [-0.05, 0) is 30.0 Å². The molecule has 1 unspecified atom stereocenters. The highest BCUT2D eigenvalue weighted by Crippen LogP contribution is 2.11. The first-order valence-electron chi connectivity index (χ1n) is 6.87. The number of rotatable bonds is 7. The summed E-state index contributed by atoms with van der Waals surface area (Å²) in [6.07, 6.45) is 0.544. The molecule has 21 heavy (non-hydrogen) atoms. The van der Waals surface area contributed by atoms with Crippen LogP contribution in [-0.4, -0.2) is 23.7 Å². The molecular weight excluding hydrogens is 336 g/mol. The van der Waals surface area contributed by atoms with E-state index in [4.69, 9.17) is 5.11 Å². The maximum Gasteiger partial charge on any atom is 0.315 e. The number of aliphatic carboxylic acids is 1. The lowest BCUT2D eigenvalue weighted by Crippen LogP contribution is -2.39. The lowest BCUT2D eigenvalue weighted by molar-refractivity contribution is -0.142. The Balaban J connectivity index is 2.35. The Morgan fingerprint density at radius 1 is 1.19 bits per heavy atom. The second-order valence-electron chi connectivity index (χ2n) is 5.35. The topological polar surface area (TPSA) is 78.4 Å². The third-order valence-corrected chi connectivity index (χ3v) is 3.51. The maximum absolute atomic E-state index is 11.7. The summed E-state index contributed by atoms with van der Waals surface area (Å²) in [6.45, 7) is 4.47. The number of halogens is 1. The molecule has 0 heterocycles. The van der Waals surface area contributed by atoms with Crippen LogP contribution in [0.1, 0.15) is 25.8 Å². The minimum Gasteiger partial charge on any atom is -0.481 e. The summed E-state index contributed by atoms with van der Waals surface area (Å²) >= 11 is 3.34. The molecule has 0 fully saturated rings. The molecule has 116 valence electrons. The van der Waals surface area contributed by atoms with Crippen LogP contribution in [0.2, 0.25) is 0 Å². The zero-order valence-electron chi connectivity index (χ0n) is 12.2. The van der Waals surface area contributed by atoms with Crippen LogP contribution >= 0.6 is 15.9 Å². The van der Waals surface area contributed by atoms with E-state index < -0.39 is 11.9 Å². The number of amides is 2. The Labute approximate surface area is 133 Å². The molecule has 6 heteroatoms. The largest absolute Gasteiger partial charge is 0.481 e. The van der Waals surface area contributed by atoms with Crippen LogP contribution in [0.5, 0.6) is 0 Å². The maximum atomic E-state index is 11.7. The standard InChI is InChI=1S/C15H21BrN2O3/c1-10(2)7-12(14(19)20)9-18-15(21)17-8-11-3-5-13(16)6-4-11/h3-6,10,12H,7-9H2,1-2H3,(H,19,20)(H2,17,18,21). The second-order valence-corrected chi connectivity index (χ2v) is 6.27. The van der Waals surface area contributed by atoms with E-state index in [0.29, 0.717) is 13.0 Å². The zero-order chi connectivity index (χ0) is 15.8. The molecule has 3 N–H and O–H groups in total. The average Bonchev–Trinajstić information content (AvgIpc) is 2.42. The van der Waals surface area contributed by atoms with Crippen molar-refractivity contribution in [3.8, 4) is 0 Å². The van der Waals surface area contributed by atoms with Crippen LogP contribution in [0.15, 0.2) is 28.7 Å². The van der Waals surface area contributed by atoms with Crippen LogP contribution in [0.4, 0.5) is 4.79 Å². The molecule has 0 saturated carbocycles. The minimum absolute atomic E-state index is 0.139. The number of hydrogen-bond acceptors (Lipinski definition) is 2. The summed E-state index contributed by atoms with van der Waals surface area (Å²) in [5.41, 5.74) is 0.977. The van der Waals surface area contributed by atoms with Gasteiger partial charge in [-0.3, -0.25) is 4.79 Å². The monoisotopic (exact) mass is 356 g/mol. The summed E-state index contributed by atoms with van der Waals surface area (Å²) in [5.74, 6) is -1.15. The first-order valence-corrected chi connectivity index (χ1v) is 7.66. The van der Waals surface area contributed by atoms with E-state index >= 15 is 0 Å². The summed E-state index contributed by atoms with van der Waals surface area (Å²) in [6, 6.07) is 7.26. The van der Waals surface area contributed by atoms with Gasteiger partial charge in [-0.1, -0.05) is 41.9 Å². The highest BCUT2D eigenvalue weighted by molar-refractivity contribution is 9.10. The van der Waals surface area contributed by atoms with Gasteiger partial charge in [0.1, 0.15) is 0 Å². The number of hydrogen-bond donors (Lipinski definition) is 3. The summed E-state index contributed by atoms with van der Waals surface area (Å²) in [4.78, 5) is 22.8. The van der Waals surface area contributed by atoms with Crippen molar-refractivity contribution >= 4 is 27.9 Å². The van der Waals surface area contributed by atoms with E-state index in [9.17, 15) is 9.59 Å². The molecule has 0 aromatic heterocycles. The quantitative estimate of drug-likeness (QED) is 0.702. The number of carbonyl (C=O) groups is 2. The van der Waals surface area contributed by atoms with Crippen molar-refractivity contribution in [2.24, 2.45) is 11.8 Å². The molecule has 0 spiro atoms. The lowest BCUT2D eigenvalue weighted by Gasteiger charge is -2.15. The second kappa shape index (κ2) is 8.67. The van der Waals surface area contributed by atoms with E-state index in [0.717, 1.165) is 10.0 Å². The number of nitrogens with one attached hydrogen (secondary N) is 2. The van der Waals surface area contributed by atoms with Crippen molar-refractivity contribution in [3.63, 3.8) is 0 Å². The molecule has 0 saturated heterocycles. The predicted octanol–water partition coefficient (Wildman–Crippen LogP) is 3.00. The van der Waals surface area contributed by atoms with Gasteiger partial charge >= 0.3 is 12.0 Å². The number of benzene rings is 1. The summed E-state index contributed by atoms with van der Waals surface area (Å²) < 4.78 is 0.980. The Bertz CT molecular complexity index is 474. The van der Waals surface area contributed by atoms with Gasteiger partial charge in [0, 0.05) is 17.6 Å². The third kappa shape index (κ3) is 7.13. The van der Waals surface area contributed by atoms with Crippen molar-refractivity contribution in [1.82, 2.24) is 10.6 Å². The van der Waals surface area contributed by atoms with E-state index in [-0.39, 0.29) is 18.5 Å². The highest BCUT2D eigenvalue weighted by atomic mass is 79.9. The Morgan fingerprint density at radius 3 is 2.33 bits per heavy atom. The van der Waals surface area contributed by atoms with Gasteiger partial charge in [-0.15, -0.1) is 0 Å². The highest BCUT2D eigenvalue weighted by Gasteiger charge is 2.19. The van der Waals surface area contributed by atoms with Crippen molar-refractivity contribution in [3.05, 3.63) is 34.3 Å².